The first kappa shape index (κ1) is 9.85. The van der Waals surface area contributed by atoms with Gasteiger partial charge in [0.25, 0.3) is 11.5 Å². The van der Waals surface area contributed by atoms with Crippen LogP contribution >= 0.6 is 0 Å². The number of rotatable bonds is 1. The summed E-state index contributed by atoms with van der Waals surface area (Å²) in [5.74, 6) is -0.285. The average molecular weight is 209 g/mol. The SMILES string of the molecule is O=C(c1cnc[nH]c1=O)N1CCOCC1. The molecule has 6 nitrogen and oxygen atoms in total. The Hall–Kier alpha value is -1.69. The lowest BCUT2D eigenvalue weighted by Gasteiger charge is -2.26. The molecule has 1 saturated heterocycles. The second-order valence-corrected chi connectivity index (χ2v) is 3.20. The molecule has 2 rings (SSSR count). The normalized spacial score (nSPS) is 16.4. The van der Waals surface area contributed by atoms with E-state index in [1.54, 1.807) is 4.90 Å². The van der Waals surface area contributed by atoms with Crippen LogP contribution in [-0.2, 0) is 4.74 Å². The fourth-order valence-electron chi connectivity index (χ4n) is 1.43. The Morgan fingerprint density at radius 3 is 2.87 bits per heavy atom. The number of morpholine rings is 1. The van der Waals surface area contributed by atoms with Crippen molar-refractivity contribution in [1.29, 1.82) is 0 Å². The van der Waals surface area contributed by atoms with Gasteiger partial charge in [0.15, 0.2) is 0 Å². The first-order valence-electron chi connectivity index (χ1n) is 4.69. The summed E-state index contributed by atoms with van der Waals surface area (Å²) in [6, 6.07) is 0. The summed E-state index contributed by atoms with van der Waals surface area (Å²) in [5, 5.41) is 0. The van der Waals surface area contributed by atoms with E-state index in [1.807, 2.05) is 0 Å². The van der Waals surface area contributed by atoms with Gasteiger partial charge in [-0.3, -0.25) is 9.59 Å². The van der Waals surface area contributed by atoms with E-state index in [9.17, 15) is 9.59 Å². The van der Waals surface area contributed by atoms with Gasteiger partial charge in [-0.15, -0.1) is 0 Å². The number of carbonyl (C=O) groups is 1. The molecule has 0 spiro atoms. The number of H-pyrrole nitrogens is 1. The highest BCUT2D eigenvalue weighted by Gasteiger charge is 2.20. The molecule has 1 aliphatic heterocycles. The molecular formula is C9H11N3O3. The summed E-state index contributed by atoms with van der Waals surface area (Å²) >= 11 is 0. The number of hydrogen-bond acceptors (Lipinski definition) is 4. The molecule has 0 radical (unpaired) electrons. The maximum Gasteiger partial charge on any atom is 0.263 e. The Bertz CT molecular complexity index is 409. The molecule has 0 aromatic carbocycles. The van der Waals surface area contributed by atoms with Crippen LogP contribution in [0.3, 0.4) is 0 Å². The molecule has 0 unspecified atom stereocenters. The van der Waals surface area contributed by atoms with Gasteiger partial charge in [0.05, 0.1) is 19.5 Å². The Balaban J connectivity index is 2.20. The van der Waals surface area contributed by atoms with Gasteiger partial charge in [0.1, 0.15) is 5.56 Å². The molecule has 0 atom stereocenters. The summed E-state index contributed by atoms with van der Waals surface area (Å²) in [7, 11) is 0. The van der Waals surface area contributed by atoms with E-state index in [-0.39, 0.29) is 11.5 Å². The highest BCUT2D eigenvalue weighted by molar-refractivity contribution is 5.93. The average Bonchev–Trinajstić information content (AvgIpc) is 2.30. The third-order valence-electron chi connectivity index (χ3n) is 2.25. The molecule has 2 heterocycles. The minimum Gasteiger partial charge on any atom is -0.378 e. The number of aromatic nitrogens is 2. The third-order valence-corrected chi connectivity index (χ3v) is 2.25. The Morgan fingerprint density at radius 2 is 2.20 bits per heavy atom. The van der Waals surface area contributed by atoms with Crippen molar-refractivity contribution in [3.05, 3.63) is 28.4 Å². The van der Waals surface area contributed by atoms with Crippen LogP contribution in [0.25, 0.3) is 0 Å². The molecule has 0 aliphatic carbocycles. The maximum atomic E-state index is 11.8. The van der Waals surface area contributed by atoms with Crippen LogP contribution in [0.15, 0.2) is 17.3 Å². The van der Waals surface area contributed by atoms with Crippen molar-refractivity contribution in [2.24, 2.45) is 0 Å². The van der Waals surface area contributed by atoms with Gasteiger partial charge >= 0.3 is 0 Å². The Kier molecular flexibility index (Phi) is 2.77. The number of aromatic amines is 1. The minimum atomic E-state index is -0.401. The van der Waals surface area contributed by atoms with E-state index < -0.39 is 5.56 Å². The Morgan fingerprint density at radius 1 is 1.47 bits per heavy atom. The molecule has 1 aromatic rings. The van der Waals surface area contributed by atoms with Crippen LogP contribution in [0, 0.1) is 0 Å². The molecule has 6 heteroatoms. The lowest BCUT2D eigenvalue weighted by atomic mass is 10.2. The van der Waals surface area contributed by atoms with Gasteiger partial charge in [-0.1, -0.05) is 0 Å². The zero-order valence-corrected chi connectivity index (χ0v) is 8.10. The molecule has 15 heavy (non-hydrogen) atoms. The fourth-order valence-corrected chi connectivity index (χ4v) is 1.43. The molecule has 80 valence electrons. The van der Waals surface area contributed by atoms with E-state index in [4.69, 9.17) is 4.74 Å². The smallest absolute Gasteiger partial charge is 0.263 e. The van der Waals surface area contributed by atoms with E-state index in [1.165, 1.54) is 12.5 Å². The van der Waals surface area contributed by atoms with Crippen molar-refractivity contribution < 1.29 is 9.53 Å². The monoisotopic (exact) mass is 209 g/mol. The van der Waals surface area contributed by atoms with Crippen LogP contribution < -0.4 is 5.56 Å². The second-order valence-electron chi connectivity index (χ2n) is 3.20. The molecule has 1 aromatic heterocycles. The van der Waals surface area contributed by atoms with Crippen LogP contribution in [0.2, 0.25) is 0 Å². The highest BCUT2D eigenvalue weighted by atomic mass is 16.5. The first-order valence-corrected chi connectivity index (χ1v) is 4.69. The predicted octanol–water partition coefficient (Wildman–Crippen LogP) is -0.758. The zero-order chi connectivity index (χ0) is 10.7. The summed E-state index contributed by atoms with van der Waals surface area (Å²) in [4.78, 5) is 30.9. The van der Waals surface area contributed by atoms with Gasteiger partial charge in [0.2, 0.25) is 0 Å². The van der Waals surface area contributed by atoms with E-state index >= 15 is 0 Å². The molecule has 1 fully saturated rings. The van der Waals surface area contributed by atoms with Crippen LogP contribution in [0.4, 0.5) is 0 Å². The molecule has 1 aliphatic rings. The lowest BCUT2D eigenvalue weighted by molar-refractivity contribution is 0.0301. The number of nitrogens with zero attached hydrogens (tertiary/aromatic N) is 2. The third kappa shape index (κ3) is 2.04. The number of carbonyl (C=O) groups excluding carboxylic acids is 1. The van der Waals surface area contributed by atoms with Gasteiger partial charge in [-0.2, -0.15) is 0 Å². The van der Waals surface area contributed by atoms with Gasteiger partial charge < -0.3 is 14.6 Å². The van der Waals surface area contributed by atoms with Crippen LogP contribution in [0.5, 0.6) is 0 Å². The molecule has 1 amide bonds. The number of ether oxygens (including phenoxy) is 1. The highest BCUT2D eigenvalue weighted by Crippen LogP contribution is 2.01. The van der Waals surface area contributed by atoms with Crippen molar-refractivity contribution in [2.75, 3.05) is 26.3 Å². The van der Waals surface area contributed by atoms with Gasteiger partial charge in [-0.05, 0) is 0 Å². The lowest BCUT2D eigenvalue weighted by Crippen LogP contribution is -2.42. The summed E-state index contributed by atoms with van der Waals surface area (Å²) in [5.41, 5.74) is -0.319. The maximum absolute atomic E-state index is 11.8. The fraction of sp³-hybridized carbons (Fsp3) is 0.444. The van der Waals surface area contributed by atoms with Crippen molar-refractivity contribution in [2.45, 2.75) is 0 Å². The van der Waals surface area contributed by atoms with Crippen LogP contribution in [-0.4, -0.2) is 47.1 Å². The van der Waals surface area contributed by atoms with E-state index in [0.29, 0.717) is 26.3 Å². The standard InChI is InChI=1S/C9H11N3O3/c13-8-7(5-10-6-11-8)9(14)12-1-3-15-4-2-12/h5-6H,1-4H2,(H,10,11,13). The number of nitrogens with one attached hydrogen (secondary N) is 1. The van der Waals surface area contributed by atoms with Crippen molar-refractivity contribution in [3.8, 4) is 0 Å². The van der Waals surface area contributed by atoms with E-state index in [0.717, 1.165) is 0 Å². The van der Waals surface area contributed by atoms with Gasteiger partial charge in [-0.25, -0.2) is 4.98 Å². The number of hydrogen-bond donors (Lipinski definition) is 1. The molecule has 0 saturated carbocycles. The summed E-state index contributed by atoms with van der Waals surface area (Å²) < 4.78 is 5.12. The number of amides is 1. The van der Waals surface area contributed by atoms with Crippen LogP contribution in [0.1, 0.15) is 10.4 Å². The predicted molar refractivity (Wildman–Crippen MR) is 51.6 cm³/mol. The minimum absolute atomic E-state index is 0.0828. The van der Waals surface area contributed by atoms with Gasteiger partial charge in [0, 0.05) is 19.3 Å². The summed E-state index contributed by atoms with van der Waals surface area (Å²) in [6.45, 7) is 2.08. The van der Waals surface area contributed by atoms with Crippen molar-refractivity contribution >= 4 is 5.91 Å². The van der Waals surface area contributed by atoms with Crippen molar-refractivity contribution in [1.82, 2.24) is 14.9 Å². The second kappa shape index (κ2) is 4.22. The largest absolute Gasteiger partial charge is 0.378 e. The summed E-state index contributed by atoms with van der Waals surface area (Å²) in [6.07, 6.45) is 2.55. The Labute approximate surface area is 85.9 Å². The molecular weight excluding hydrogens is 198 g/mol. The first-order chi connectivity index (χ1) is 7.29. The van der Waals surface area contributed by atoms with E-state index in [2.05, 4.69) is 9.97 Å². The quantitative estimate of drug-likeness (QED) is 0.659. The topological polar surface area (TPSA) is 75.3 Å². The molecule has 1 N–H and O–H groups in total. The zero-order valence-electron chi connectivity index (χ0n) is 8.10. The van der Waals surface area contributed by atoms with Crippen molar-refractivity contribution in [3.63, 3.8) is 0 Å². The molecule has 0 bridgehead atoms.